The molecule has 5 nitrogen and oxygen atoms in total. The van der Waals surface area contributed by atoms with Gasteiger partial charge in [0, 0.05) is 25.4 Å². The van der Waals surface area contributed by atoms with Gasteiger partial charge >= 0.3 is 0 Å². The van der Waals surface area contributed by atoms with Crippen LogP contribution in [0.2, 0.25) is 0 Å². The molecule has 0 fully saturated rings. The quantitative estimate of drug-likeness (QED) is 0.796. The molecule has 138 valence electrons. The molecule has 0 saturated carbocycles. The van der Waals surface area contributed by atoms with Gasteiger partial charge in [0.25, 0.3) is 11.8 Å². The number of carbonyl (C=O) groups is 2. The van der Waals surface area contributed by atoms with E-state index in [1.807, 2.05) is 6.92 Å². The molecule has 1 N–H and O–H groups in total. The Kier molecular flexibility index (Phi) is 6.32. The maximum atomic E-state index is 13.7. The fourth-order valence-corrected chi connectivity index (χ4v) is 2.21. The van der Waals surface area contributed by atoms with E-state index in [2.05, 4.69) is 10.3 Å². The second-order valence-corrected chi connectivity index (χ2v) is 5.69. The highest BCUT2D eigenvalue weighted by molar-refractivity contribution is 6.04. The predicted octanol–water partition coefficient (Wildman–Crippen LogP) is 3.62. The maximum Gasteiger partial charge on any atom is 0.274 e. The standard InChI is InChI=1S/C18H18F3N3O2/c1-3-4-9-24(2)18(26)11-7-8-22-14(10-11)17(25)23-13-6-5-12(19)15(20)16(13)21/h5-8,10H,3-4,9H2,1-2H3,(H,23,25). The molecule has 0 unspecified atom stereocenters. The molecule has 0 bridgehead atoms. The third-order valence-electron chi connectivity index (χ3n) is 3.72. The van der Waals surface area contributed by atoms with Crippen molar-refractivity contribution >= 4 is 17.5 Å². The van der Waals surface area contributed by atoms with Crippen molar-refractivity contribution < 1.29 is 22.8 Å². The lowest BCUT2D eigenvalue weighted by molar-refractivity contribution is 0.0793. The third-order valence-corrected chi connectivity index (χ3v) is 3.72. The molecule has 2 amide bonds. The summed E-state index contributed by atoms with van der Waals surface area (Å²) in [5.74, 6) is -5.68. The first-order valence-corrected chi connectivity index (χ1v) is 8.01. The van der Waals surface area contributed by atoms with Crippen molar-refractivity contribution in [2.75, 3.05) is 18.9 Å². The lowest BCUT2D eigenvalue weighted by Gasteiger charge is -2.17. The van der Waals surface area contributed by atoms with E-state index in [1.165, 1.54) is 23.2 Å². The van der Waals surface area contributed by atoms with E-state index in [0.29, 0.717) is 12.6 Å². The summed E-state index contributed by atoms with van der Waals surface area (Å²) in [7, 11) is 1.65. The molecule has 0 aliphatic carbocycles. The Hall–Kier alpha value is -2.90. The van der Waals surface area contributed by atoms with Crippen LogP contribution in [-0.4, -0.2) is 35.3 Å². The van der Waals surface area contributed by atoms with Crippen LogP contribution >= 0.6 is 0 Å². The zero-order valence-corrected chi connectivity index (χ0v) is 14.4. The number of carbonyl (C=O) groups excluding carboxylic acids is 2. The fourth-order valence-electron chi connectivity index (χ4n) is 2.21. The van der Waals surface area contributed by atoms with Crippen LogP contribution in [-0.2, 0) is 0 Å². The number of aromatic nitrogens is 1. The third kappa shape index (κ3) is 4.38. The maximum absolute atomic E-state index is 13.7. The molecule has 0 spiro atoms. The second-order valence-electron chi connectivity index (χ2n) is 5.69. The summed E-state index contributed by atoms with van der Waals surface area (Å²) in [5.41, 5.74) is -0.425. The van der Waals surface area contributed by atoms with Gasteiger partial charge in [0.05, 0.1) is 5.69 Å². The zero-order chi connectivity index (χ0) is 19.3. The number of halogens is 3. The Bertz CT molecular complexity index is 827. The van der Waals surface area contributed by atoms with Crippen molar-refractivity contribution in [3.05, 3.63) is 59.2 Å². The molecular formula is C18H18F3N3O2. The normalized spacial score (nSPS) is 10.5. The predicted molar refractivity (Wildman–Crippen MR) is 90.4 cm³/mol. The number of hydrogen-bond donors (Lipinski definition) is 1. The van der Waals surface area contributed by atoms with E-state index in [-0.39, 0.29) is 17.2 Å². The molecule has 1 heterocycles. The summed E-state index contributed by atoms with van der Waals surface area (Å²) in [6.45, 7) is 2.57. The van der Waals surface area contributed by atoms with Crippen molar-refractivity contribution in [1.82, 2.24) is 9.88 Å². The molecule has 1 aromatic carbocycles. The Labute approximate surface area is 148 Å². The number of hydrogen-bond acceptors (Lipinski definition) is 3. The number of nitrogens with zero attached hydrogens (tertiary/aromatic N) is 2. The van der Waals surface area contributed by atoms with Gasteiger partial charge in [0.15, 0.2) is 17.5 Å². The van der Waals surface area contributed by atoms with E-state index < -0.39 is 29.0 Å². The molecule has 0 aliphatic heterocycles. The number of rotatable bonds is 6. The number of amides is 2. The lowest BCUT2D eigenvalue weighted by Crippen LogP contribution is -2.28. The number of unbranched alkanes of at least 4 members (excludes halogenated alkanes) is 1. The van der Waals surface area contributed by atoms with E-state index in [9.17, 15) is 22.8 Å². The van der Waals surface area contributed by atoms with Gasteiger partial charge in [-0.1, -0.05) is 13.3 Å². The van der Waals surface area contributed by atoms with Crippen molar-refractivity contribution in [3.8, 4) is 0 Å². The molecule has 0 saturated heterocycles. The first-order chi connectivity index (χ1) is 12.3. The smallest absolute Gasteiger partial charge is 0.274 e. The van der Waals surface area contributed by atoms with E-state index >= 15 is 0 Å². The molecule has 0 aliphatic rings. The Morgan fingerprint density at radius 2 is 1.88 bits per heavy atom. The van der Waals surface area contributed by atoms with Crippen LogP contribution in [0.4, 0.5) is 18.9 Å². The largest absolute Gasteiger partial charge is 0.342 e. The van der Waals surface area contributed by atoms with Gasteiger partial charge in [0.2, 0.25) is 0 Å². The van der Waals surface area contributed by atoms with Gasteiger partial charge in [-0.25, -0.2) is 13.2 Å². The van der Waals surface area contributed by atoms with Gasteiger partial charge < -0.3 is 10.2 Å². The molecule has 0 radical (unpaired) electrons. The fraction of sp³-hybridized carbons (Fsp3) is 0.278. The van der Waals surface area contributed by atoms with Gasteiger partial charge in [-0.3, -0.25) is 14.6 Å². The minimum absolute atomic E-state index is 0.149. The summed E-state index contributed by atoms with van der Waals surface area (Å²) in [5, 5.41) is 2.12. The summed E-state index contributed by atoms with van der Waals surface area (Å²) < 4.78 is 39.8. The first kappa shape index (κ1) is 19.4. The summed E-state index contributed by atoms with van der Waals surface area (Å²) in [4.78, 5) is 29.9. The van der Waals surface area contributed by atoms with Crippen LogP contribution in [0.15, 0.2) is 30.5 Å². The number of pyridine rings is 1. The van der Waals surface area contributed by atoms with E-state index in [4.69, 9.17) is 0 Å². The molecule has 0 atom stereocenters. The number of nitrogens with one attached hydrogen (secondary N) is 1. The monoisotopic (exact) mass is 365 g/mol. The van der Waals surface area contributed by atoms with Crippen molar-refractivity contribution in [1.29, 1.82) is 0 Å². The lowest BCUT2D eigenvalue weighted by atomic mass is 10.2. The average molecular weight is 365 g/mol. The molecule has 2 aromatic rings. The van der Waals surface area contributed by atoms with Gasteiger partial charge in [-0.05, 0) is 30.7 Å². The molecule has 26 heavy (non-hydrogen) atoms. The Morgan fingerprint density at radius 3 is 2.58 bits per heavy atom. The van der Waals surface area contributed by atoms with Gasteiger partial charge in [-0.2, -0.15) is 0 Å². The Morgan fingerprint density at radius 1 is 1.15 bits per heavy atom. The topological polar surface area (TPSA) is 62.3 Å². The highest BCUT2D eigenvalue weighted by atomic mass is 19.2. The zero-order valence-electron chi connectivity index (χ0n) is 14.4. The SMILES string of the molecule is CCCCN(C)C(=O)c1ccnc(C(=O)Nc2ccc(F)c(F)c2F)c1. The average Bonchev–Trinajstić information content (AvgIpc) is 2.65. The summed E-state index contributed by atoms with van der Waals surface area (Å²) in [6.07, 6.45) is 3.05. The van der Waals surface area contributed by atoms with Crippen LogP contribution in [0.3, 0.4) is 0 Å². The van der Waals surface area contributed by atoms with E-state index in [0.717, 1.165) is 18.9 Å². The second kappa shape index (κ2) is 8.46. The molecular weight excluding hydrogens is 347 g/mol. The molecule has 8 heteroatoms. The summed E-state index contributed by atoms with van der Waals surface area (Å²) in [6, 6.07) is 4.32. The van der Waals surface area contributed by atoms with Crippen LogP contribution in [0, 0.1) is 17.5 Å². The first-order valence-electron chi connectivity index (χ1n) is 8.01. The highest BCUT2D eigenvalue weighted by Gasteiger charge is 2.18. The van der Waals surface area contributed by atoms with E-state index in [1.54, 1.807) is 7.05 Å². The molecule has 2 rings (SSSR count). The molecule has 1 aromatic heterocycles. The minimum atomic E-state index is -1.68. The van der Waals surface area contributed by atoms with Crippen molar-refractivity contribution in [2.45, 2.75) is 19.8 Å². The number of benzene rings is 1. The minimum Gasteiger partial charge on any atom is -0.342 e. The summed E-state index contributed by atoms with van der Waals surface area (Å²) >= 11 is 0. The van der Waals surface area contributed by atoms with Gasteiger partial charge in [-0.15, -0.1) is 0 Å². The van der Waals surface area contributed by atoms with Crippen molar-refractivity contribution in [3.63, 3.8) is 0 Å². The van der Waals surface area contributed by atoms with Crippen LogP contribution in [0.5, 0.6) is 0 Å². The highest BCUT2D eigenvalue weighted by Crippen LogP contribution is 2.20. The van der Waals surface area contributed by atoms with Gasteiger partial charge in [0.1, 0.15) is 5.69 Å². The number of anilines is 1. The van der Waals surface area contributed by atoms with Crippen molar-refractivity contribution in [2.24, 2.45) is 0 Å². The van der Waals surface area contributed by atoms with Crippen LogP contribution in [0.1, 0.15) is 40.6 Å². The van der Waals surface area contributed by atoms with Crippen LogP contribution < -0.4 is 5.32 Å². The van der Waals surface area contributed by atoms with Crippen LogP contribution in [0.25, 0.3) is 0 Å². The Balaban J connectivity index is 2.18.